The van der Waals surface area contributed by atoms with E-state index in [1.165, 1.54) is 45.2 Å². The topological polar surface area (TPSA) is 32.5 Å². The van der Waals surface area contributed by atoms with Gasteiger partial charge in [-0.25, -0.2) is 0 Å². The van der Waals surface area contributed by atoms with Crippen LogP contribution in [0.5, 0.6) is 0 Å². The minimum absolute atomic E-state index is 0.479. The molecule has 2 aliphatic rings. The van der Waals surface area contributed by atoms with Crippen molar-refractivity contribution in [2.45, 2.75) is 65.0 Å². The Morgan fingerprint density at radius 3 is 2.14 bits per heavy atom. The van der Waals surface area contributed by atoms with Crippen LogP contribution in [0.2, 0.25) is 0 Å². The van der Waals surface area contributed by atoms with E-state index in [0.717, 1.165) is 24.4 Å². The first-order valence-corrected chi connectivity index (χ1v) is 8.93. The first-order chi connectivity index (χ1) is 9.82. The summed E-state index contributed by atoms with van der Waals surface area (Å²) in [6.45, 7) is 10.5. The molecule has 1 aliphatic heterocycles. The van der Waals surface area contributed by atoms with Crippen LogP contribution in [-0.4, -0.2) is 55.6 Å². The summed E-state index contributed by atoms with van der Waals surface area (Å²) in [6.07, 6.45) is 6.87. The smallest absolute Gasteiger partial charge is 0.0247 e. The van der Waals surface area contributed by atoms with E-state index in [9.17, 15) is 0 Å². The molecule has 3 nitrogen and oxygen atoms in total. The molecule has 0 aromatic heterocycles. The molecule has 2 atom stereocenters. The van der Waals surface area contributed by atoms with Crippen LogP contribution in [0.25, 0.3) is 0 Å². The Morgan fingerprint density at radius 1 is 1.10 bits per heavy atom. The van der Waals surface area contributed by atoms with Crippen LogP contribution in [0.15, 0.2) is 0 Å². The van der Waals surface area contributed by atoms with Gasteiger partial charge < -0.3 is 10.6 Å². The SMILES string of the molecule is CN(C)C1CCN(C(CN)C2CCC(C(C)(C)C)CC2)C1. The predicted molar refractivity (Wildman–Crippen MR) is 91.4 cm³/mol. The van der Waals surface area contributed by atoms with E-state index in [4.69, 9.17) is 5.73 Å². The van der Waals surface area contributed by atoms with Gasteiger partial charge in [0, 0.05) is 31.7 Å². The number of nitrogens with two attached hydrogens (primary N) is 1. The summed E-state index contributed by atoms with van der Waals surface area (Å²) >= 11 is 0. The molecular weight excluding hydrogens is 258 g/mol. The lowest BCUT2D eigenvalue weighted by molar-refractivity contribution is 0.0907. The van der Waals surface area contributed by atoms with Gasteiger partial charge in [-0.15, -0.1) is 0 Å². The van der Waals surface area contributed by atoms with Gasteiger partial charge in [0.2, 0.25) is 0 Å². The number of likely N-dealkylation sites (N-methyl/N-ethyl adjacent to an activating group) is 1. The molecule has 0 amide bonds. The van der Waals surface area contributed by atoms with Crippen LogP contribution in [-0.2, 0) is 0 Å². The monoisotopic (exact) mass is 295 g/mol. The molecule has 2 fully saturated rings. The largest absolute Gasteiger partial charge is 0.329 e. The van der Waals surface area contributed by atoms with E-state index in [1.54, 1.807) is 0 Å². The molecule has 124 valence electrons. The average molecular weight is 296 g/mol. The van der Waals surface area contributed by atoms with Crippen molar-refractivity contribution in [1.29, 1.82) is 0 Å². The van der Waals surface area contributed by atoms with Crippen molar-refractivity contribution in [2.24, 2.45) is 23.0 Å². The highest BCUT2D eigenvalue weighted by Gasteiger charge is 2.36. The molecular formula is C18H37N3. The molecule has 2 N–H and O–H groups in total. The molecule has 1 aliphatic carbocycles. The maximum absolute atomic E-state index is 6.17. The maximum Gasteiger partial charge on any atom is 0.0247 e. The summed E-state index contributed by atoms with van der Waals surface area (Å²) in [5, 5.41) is 0. The Morgan fingerprint density at radius 2 is 1.71 bits per heavy atom. The Hall–Kier alpha value is -0.120. The second-order valence-electron chi connectivity index (χ2n) is 8.68. The highest BCUT2D eigenvalue weighted by molar-refractivity contribution is 4.91. The fourth-order valence-electron chi connectivity index (χ4n) is 4.50. The summed E-state index contributed by atoms with van der Waals surface area (Å²) in [7, 11) is 4.42. The first-order valence-electron chi connectivity index (χ1n) is 8.93. The zero-order valence-electron chi connectivity index (χ0n) is 14.9. The van der Waals surface area contributed by atoms with Gasteiger partial charge in [0.25, 0.3) is 0 Å². The minimum Gasteiger partial charge on any atom is -0.329 e. The lowest BCUT2D eigenvalue weighted by Gasteiger charge is -2.42. The number of nitrogens with zero attached hydrogens (tertiary/aromatic N) is 2. The van der Waals surface area contributed by atoms with E-state index < -0.39 is 0 Å². The number of hydrogen-bond donors (Lipinski definition) is 1. The average Bonchev–Trinajstić information content (AvgIpc) is 2.89. The maximum atomic E-state index is 6.17. The third-order valence-electron chi connectivity index (χ3n) is 6.18. The van der Waals surface area contributed by atoms with Crippen molar-refractivity contribution < 1.29 is 0 Å². The zero-order chi connectivity index (χ0) is 15.6. The molecule has 1 saturated carbocycles. The number of likely N-dealkylation sites (tertiary alicyclic amines) is 1. The van der Waals surface area contributed by atoms with Gasteiger partial charge in [-0.3, -0.25) is 4.90 Å². The zero-order valence-corrected chi connectivity index (χ0v) is 14.9. The highest BCUT2D eigenvalue weighted by atomic mass is 15.3. The van der Waals surface area contributed by atoms with Crippen molar-refractivity contribution in [3.8, 4) is 0 Å². The van der Waals surface area contributed by atoms with Crippen LogP contribution < -0.4 is 5.73 Å². The lowest BCUT2D eigenvalue weighted by Crippen LogP contribution is -2.47. The van der Waals surface area contributed by atoms with Crippen LogP contribution in [0.1, 0.15) is 52.9 Å². The summed E-state index contributed by atoms with van der Waals surface area (Å²) in [5.74, 6) is 1.73. The summed E-state index contributed by atoms with van der Waals surface area (Å²) in [4.78, 5) is 5.07. The van der Waals surface area contributed by atoms with Gasteiger partial charge >= 0.3 is 0 Å². The second kappa shape index (κ2) is 6.97. The molecule has 1 saturated heterocycles. The normalized spacial score (nSPS) is 33.6. The lowest BCUT2D eigenvalue weighted by atomic mass is 9.68. The van der Waals surface area contributed by atoms with E-state index in [0.29, 0.717) is 11.5 Å². The molecule has 3 heteroatoms. The fourth-order valence-corrected chi connectivity index (χ4v) is 4.50. The Bertz CT molecular complexity index is 313. The fraction of sp³-hybridized carbons (Fsp3) is 1.00. The van der Waals surface area contributed by atoms with Crippen molar-refractivity contribution >= 4 is 0 Å². The minimum atomic E-state index is 0.479. The number of hydrogen-bond acceptors (Lipinski definition) is 3. The Balaban J connectivity index is 1.89. The van der Waals surface area contributed by atoms with Gasteiger partial charge in [0.1, 0.15) is 0 Å². The molecule has 21 heavy (non-hydrogen) atoms. The van der Waals surface area contributed by atoms with E-state index in [1.807, 2.05) is 0 Å². The van der Waals surface area contributed by atoms with Crippen LogP contribution >= 0.6 is 0 Å². The van der Waals surface area contributed by atoms with Crippen LogP contribution in [0.4, 0.5) is 0 Å². The Labute approximate surface area is 132 Å². The predicted octanol–water partition coefficient (Wildman–Crippen LogP) is 2.80. The van der Waals surface area contributed by atoms with E-state index in [2.05, 4.69) is 44.7 Å². The summed E-state index contributed by atoms with van der Waals surface area (Å²) in [5.41, 5.74) is 6.65. The van der Waals surface area contributed by atoms with Crippen molar-refractivity contribution in [2.75, 3.05) is 33.7 Å². The molecule has 2 rings (SSSR count). The standard InChI is InChI=1S/C18H37N3/c1-18(2,3)15-8-6-14(7-9-15)17(12-19)21-11-10-16(13-21)20(4)5/h14-17H,6-13,19H2,1-5H3. The molecule has 0 bridgehead atoms. The molecule has 0 aromatic carbocycles. The molecule has 0 radical (unpaired) electrons. The Kier molecular flexibility index (Phi) is 5.72. The molecule has 0 aromatic rings. The molecule has 0 spiro atoms. The summed E-state index contributed by atoms with van der Waals surface area (Å²) < 4.78 is 0. The molecule has 1 heterocycles. The van der Waals surface area contributed by atoms with Gasteiger partial charge in [-0.1, -0.05) is 20.8 Å². The van der Waals surface area contributed by atoms with Gasteiger partial charge in [-0.05, 0) is 63.5 Å². The summed E-state index contributed by atoms with van der Waals surface area (Å²) in [6, 6.07) is 1.35. The van der Waals surface area contributed by atoms with E-state index in [-0.39, 0.29) is 0 Å². The van der Waals surface area contributed by atoms with Gasteiger partial charge in [0.05, 0.1) is 0 Å². The van der Waals surface area contributed by atoms with Gasteiger partial charge in [0.15, 0.2) is 0 Å². The first kappa shape index (κ1) is 17.2. The van der Waals surface area contributed by atoms with Crippen LogP contribution in [0.3, 0.4) is 0 Å². The van der Waals surface area contributed by atoms with Crippen molar-refractivity contribution in [3.63, 3.8) is 0 Å². The number of rotatable bonds is 4. The van der Waals surface area contributed by atoms with Crippen molar-refractivity contribution in [3.05, 3.63) is 0 Å². The van der Waals surface area contributed by atoms with Crippen molar-refractivity contribution in [1.82, 2.24) is 9.80 Å². The molecule has 2 unspecified atom stereocenters. The van der Waals surface area contributed by atoms with Gasteiger partial charge in [-0.2, -0.15) is 0 Å². The third kappa shape index (κ3) is 4.20. The highest BCUT2D eigenvalue weighted by Crippen LogP contribution is 2.41. The third-order valence-corrected chi connectivity index (χ3v) is 6.18. The quantitative estimate of drug-likeness (QED) is 0.865. The van der Waals surface area contributed by atoms with Crippen LogP contribution in [0, 0.1) is 17.3 Å². The van der Waals surface area contributed by atoms with E-state index >= 15 is 0 Å². The second-order valence-corrected chi connectivity index (χ2v) is 8.68.